The molecule has 0 bridgehead atoms. The Morgan fingerprint density at radius 1 is 1.15 bits per heavy atom. The van der Waals surface area contributed by atoms with Crippen molar-refractivity contribution in [3.8, 4) is 0 Å². The van der Waals surface area contributed by atoms with E-state index in [1.807, 2.05) is 50.1 Å². The van der Waals surface area contributed by atoms with Gasteiger partial charge in [-0.1, -0.05) is 13.8 Å². The van der Waals surface area contributed by atoms with Gasteiger partial charge in [0.2, 0.25) is 0 Å². The van der Waals surface area contributed by atoms with E-state index >= 15 is 0 Å². The van der Waals surface area contributed by atoms with Crippen LogP contribution >= 0.6 is 0 Å². The van der Waals surface area contributed by atoms with Crippen LogP contribution in [0.15, 0.2) is 27.8 Å². The standard InChI is InChI=1S/C15H28N4O/c1-7-19(8-2)13(14-10-9-11-20-14)12-16-15(17(3)4)18(5)6/h9-11,13H,7-8,12H2,1-6H3. The van der Waals surface area contributed by atoms with Crippen molar-refractivity contribution in [2.24, 2.45) is 4.99 Å². The topological polar surface area (TPSA) is 35.2 Å². The van der Waals surface area contributed by atoms with E-state index in [4.69, 9.17) is 9.41 Å². The molecule has 1 heterocycles. The van der Waals surface area contributed by atoms with Crippen LogP contribution in [0.5, 0.6) is 0 Å². The maximum Gasteiger partial charge on any atom is 0.195 e. The van der Waals surface area contributed by atoms with Crippen LogP contribution < -0.4 is 0 Å². The molecule has 1 rings (SSSR count). The number of guanidine groups is 1. The van der Waals surface area contributed by atoms with Crippen molar-refractivity contribution in [1.82, 2.24) is 14.7 Å². The van der Waals surface area contributed by atoms with Crippen LogP contribution in [0.1, 0.15) is 25.6 Å². The Morgan fingerprint density at radius 2 is 1.75 bits per heavy atom. The molecule has 0 N–H and O–H groups in total. The maximum atomic E-state index is 5.60. The van der Waals surface area contributed by atoms with Crippen molar-refractivity contribution < 1.29 is 4.42 Å². The maximum absolute atomic E-state index is 5.60. The van der Waals surface area contributed by atoms with E-state index < -0.39 is 0 Å². The number of likely N-dealkylation sites (N-methyl/N-ethyl adjacent to an activating group) is 1. The first-order valence-corrected chi connectivity index (χ1v) is 7.17. The van der Waals surface area contributed by atoms with Gasteiger partial charge in [-0.3, -0.25) is 9.89 Å². The number of furan rings is 1. The molecule has 114 valence electrons. The lowest BCUT2D eigenvalue weighted by Gasteiger charge is -2.28. The molecular weight excluding hydrogens is 252 g/mol. The lowest BCUT2D eigenvalue weighted by Crippen LogP contribution is -2.37. The highest BCUT2D eigenvalue weighted by atomic mass is 16.3. The van der Waals surface area contributed by atoms with Crippen molar-refractivity contribution in [2.75, 3.05) is 47.8 Å². The fourth-order valence-corrected chi connectivity index (χ4v) is 2.38. The van der Waals surface area contributed by atoms with Crippen molar-refractivity contribution in [3.63, 3.8) is 0 Å². The molecule has 5 nitrogen and oxygen atoms in total. The Kier molecular flexibility index (Phi) is 6.58. The molecule has 1 aromatic heterocycles. The minimum absolute atomic E-state index is 0.190. The lowest BCUT2D eigenvalue weighted by atomic mass is 10.2. The fourth-order valence-electron chi connectivity index (χ4n) is 2.38. The second kappa shape index (κ2) is 7.94. The molecule has 0 aromatic carbocycles. The third-order valence-corrected chi connectivity index (χ3v) is 3.33. The number of aliphatic imine (C=N–C) groups is 1. The molecule has 1 atom stereocenters. The average Bonchev–Trinajstić information content (AvgIpc) is 2.90. The molecule has 1 unspecified atom stereocenters. The summed E-state index contributed by atoms with van der Waals surface area (Å²) in [7, 11) is 8.05. The van der Waals surface area contributed by atoms with Gasteiger partial charge in [-0.25, -0.2) is 0 Å². The molecule has 0 aliphatic heterocycles. The Balaban J connectivity index is 2.93. The zero-order valence-electron chi connectivity index (χ0n) is 13.6. The number of rotatable bonds is 6. The van der Waals surface area contributed by atoms with Gasteiger partial charge in [-0.05, 0) is 25.2 Å². The summed E-state index contributed by atoms with van der Waals surface area (Å²) in [5.74, 6) is 1.95. The van der Waals surface area contributed by atoms with E-state index in [1.165, 1.54) is 0 Å². The number of hydrogen-bond donors (Lipinski definition) is 0. The molecule has 1 aromatic rings. The average molecular weight is 280 g/mol. The van der Waals surface area contributed by atoms with Crippen LogP contribution in [0, 0.1) is 0 Å². The van der Waals surface area contributed by atoms with E-state index in [1.54, 1.807) is 6.26 Å². The highest BCUT2D eigenvalue weighted by molar-refractivity contribution is 5.79. The predicted molar refractivity (Wildman–Crippen MR) is 84.0 cm³/mol. The number of hydrogen-bond acceptors (Lipinski definition) is 3. The molecule has 0 saturated heterocycles. The third-order valence-electron chi connectivity index (χ3n) is 3.33. The van der Waals surface area contributed by atoms with Gasteiger partial charge in [0.1, 0.15) is 5.76 Å². The predicted octanol–water partition coefficient (Wildman–Crippen LogP) is 2.14. The SMILES string of the molecule is CCN(CC)C(CN=C(N(C)C)N(C)C)c1ccco1. The second-order valence-electron chi connectivity index (χ2n) is 5.18. The normalized spacial score (nSPS) is 12.3. The van der Waals surface area contributed by atoms with Crippen LogP contribution in [-0.4, -0.2) is 68.5 Å². The largest absolute Gasteiger partial charge is 0.468 e. The van der Waals surface area contributed by atoms with Gasteiger partial charge in [-0.2, -0.15) is 0 Å². The molecule has 20 heavy (non-hydrogen) atoms. The Morgan fingerprint density at radius 3 is 2.15 bits per heavy atom. The summed E-state index contributed by atoms with van der Waals surface area (Å²) in [6.45, 7) is 7.00. The first-order chi connectivity index (χ1) is 9.51. The van der Waals surface area contributed by atoms with Crippen LogP contribution in [0.2, 0.25) is 0 Å². The van der Waals surface area contributed by atoms with Crippen LogP contribution in [-0.2, 0) is 0 Å². The van der Waals surface area contributed by atoms with Gasteiger partial charge in [0.25, 0.3) is 0 Å². The molecule has 0 amide bonds. The molecular formula is C15H28N4O. The minimum atomic E-state index is 0.190. The monoisotopic (exact) mass is 280 g/mol. The van der Waals surface area contributed by atoms with Crippen LogP contribution in [0.3, 0.4) is 0 Å². The highest BCUT2D eigenvalue weighted by Crippen LogP contribution is 2.21. The van der Waals surface area contributed by atoms with Gasteiger partial charge >= 0.3 is 0 Å². The Labute approximate surface area is 122 Å². The van der Waals surface area contributed by atoms with E-state index in [2.05, 4.69) is 18.7 Å². The highest BCUT2D eigenvalue weighted by Gasteiger charge is 2.20. The molecule has 0 fully saturated rings. The molecule has 0 radical (unpaired) electrons. The molecule has 0 aliphatic rings. The van der Waals surface area contributed by atoms with E-state index in [0.29, 0.717) is 6.54 Å². The molecule has 0 saturated carbocycles. The zero-order valence-corrected chi connectivity index (χ0v) is 13.6. The van der Waals surface area contributed by atoms with Crippen LogP contribution in [0.4, 0.5) is 0 Å². The van der Waals surface area contributed by atoms with Crippen molar-refractivity contribution >= 4 is 5.96 Å². The van der Waals surface area contributed by atoms with Gasteiger partial charge in [-0.15, -0.1) is 0 Å². The first-order valence-electron chi connectivity index (χ1n) is 7.17. The fraction of sp³-hybridized carbons (Fsp3) is 0.667. The number of nitrogens with zero attached hydrogens (tertiary/aromatic N) is 4. The second-order valence-corrected chi connectivity index (χ2v) is 5.18. The van der Waals surface area contributed by atoms with Gasteiger partial charge in [0.05, 0.1) is 18.8 Å². The van der Waals surface area contributed by atoms with Crippen molar-refractivity contribution in [2.45, 2.75) is 19.9 Å². The molecule has 0 spiro atoms. The van der Waals surface area contributed by atoms with E-state index in [-0.39, 0.29) is 6.04 Å². The first kappa shape index (κ1) is 16.6. The summed E-state index contributed by atoms with van der Waals surface area (Å²) in [6, 6.07) is 4.16. The summed E-state index contributed by atoms with van der Waals surface area (Å²) in [4.78, 5) is 11.2. The molecule has 0 aliphatic carbocycles. The van der Waals surface area contributed by atoms with Crippen LogP contribution in [0.25, 0.3) is 0 Å². The van der Waals surface area contributed by atoms with Crippen molar-refractivity contribution in [1.29, 1.82) is 0 Å². The summed E-state index contributed by atoms with van der Waals surface area (Å²) in [6.07, 6.45) is 1.73. The van der Waals surface area contributed by atoms with Gasteiger partial charge < -0.3 is 14.2 Å². The molecule has 5 heteroatoms. The van der Waals surface area contributed by atoms with E-state index in [9.17, 15) is 0 Å². The summed E-state index contributed by atoms with van der Waals surface area (Å²) in [5, 5.41) is 0. The summed E-state index contributed by atoms with van der Waals surface area (Å²) >= 11 is 0. The summed E-state index contributed by atoms with van der Waals surface area (Å²) < 4.78 is 5.60. The zero-order chi connectivity index (χ0) is 15.1. The van der Waals surface area contributed by atoms with Gasteiger partial charge in [0, 0.05) is 28.2 Å². The van der Waals surface area contributed by atoms with E-state index in [0.717, 1.165) is 24.8 Å². The quantitative estimate of drug-likeness (QED) is 0.591. The Hall–Kier alpha value is -1.49. The smallest absolute Gasteiger partial charge is 0.195 e. The summed E-state index contributed by atoms with van der Waals surface area (Å²) in [5.41, 5.74) is 0. The van der Waals surface area contributed by atoms with Crippen molar-refractivity contribution in [3.05, 3.63) is 24.2 Å². The lowest BCUT2D eigenvalue weighted by molar-refractivity contribution is 0.197. The van der Waals surface area contributed by atoms with Gasteiger partial charge in [0.15, 0.2) is 5.96 Å². The third kappa shape index (κ3) is 4.27. The Bertz CT molecular complexity index is 384. The minimum Gasteiger partial charge on any atom is -0.468 e.